The van der Waals surface area contributed by atoms with Crippen molar-refractivity contribution in [2.24, 2.45) is 4.99 Å². The molecule has 5 nitrogen and oxygen atoms in total. The van der Waals surface area contributed by atoms with Crippen molar-refractivity contribution in [1.82, 2.24) is 4.90 Å². The summed E-state index contributed by atoms with van der Waals surface area (Å²) in [4.78, 5) is 30.0. The first-order chi connectivity index (χ1) is 10.9. The lowest BCUT2D eigenvalue weighted by Gasteiger charge is -2.10. The van der Waals surface area contributed by atoms with Crippen LogP contribution in [0.4, 0.5) is 5.69 Å². The number of carbonyl (C=O) groups is 2. The average molecular weight is 372 g/mol. The molecular formula is C15H15Cl2N3O2S. The highest BCUT2D eigenvalue weighted by Crippen LogP contribution is 2.31. The van der Waals surface area contributed by atoms with Crippen LogP contribution in [-0.4, -0.2) is 40.7 Å². The van der Waals surface area contributed by atoms with Crippen molar-refractivity contribution in [3.8, 4) is 0 Å². The standard InChI is InChI=1S/C15H15Cl2N3O2S/c1-3-7-18-15-20(2)14(22)11(23-15)8-12(21)19-10-6-4-5-9(16)13(10)17/h3-6,11H,1,7-8H2,2H3,(H,19,21). The number of hydrogen-bond acceptors (Lipinski definition) is 4. The summed E-state index contributed by atoms with van der Waals surface area (Å²) in [7, 11) is 1.64. The SMILES string of the molecule is C=CCN=C1SC(CC(=O)Nc2cccc(Cl)c2Cl)C(=O)N1C. The van der Waals surface area contributed by atoms with Crippen molar-refractivity contribution in [1.29, 1.82) is 0 Å². The van der Waals surface area contributed by atoms with Crippen LogP contribution in [0.15, 0.2) is 35.8 Å². The van der Waals surface area contributed by atoms with E-state index in [0.29, 0.717) is 22.4 Å². The highest BCUT2D eigenvalue weighted by Gasteiger charge is 2.36. The van der Waals surface area contributed by atoms with Crippen LogP contribution in [0.5, 0.6) is 0 Å². The van der Waals surface area contributed by atoms with Gasteiger partial charge in [0.2, 0.25) is 11.8 Å². The van der Waals surface area contributed by atoms with Crippen molar-refractivity contribution >= 4 is 57.6 Å². The third kappa shape index (κ3) is 4.28. The van der Waals surface area contributed by atoms with Gasteiger partial charge in [0.05, 0.1) is 22.3 Å². The van der Waals surface area contributed by atoms with Gasteiger partial charge in [0.15, 0.2) is 5.17 Å². The Balaban J connectivity index is 2.02. The van der Waals surface area contributed by atoms with Crippen molar-refractivity contribution in [3.05, 3.63) is 40.9 Å². The predicted octanol–water partition coefficient (Wildman–Crippen LogP) is 3.44. The number of carbonyl (C=O) groups excluding carboxylic acids is 2. The van der Waals surface area contributed by atoms with Crippen molar-refractivity contribution in [3.63, 3.8) is 0 Å². The Morgan fingerprint density at radius 1 is 1.52 bits per heavy atom. The highest BCUT2D eigenvalue weighted by atomic mass is 35.5. The number of amidine groups is 1. The summed E-state index contributed by atoms with van der Waals surface area (Å²) < 4.78 is 0. The zero-order valence-corrected chi connectivity index (χ0v) is 14.7. The molecule has 0 saturated carbocycles. The Morgan fingerprint density at radius 3 is 2.96 bits per heavy atom. The first kappa shape index (κ1) is 17.8. The van der Waals surface area contributed by atoms with E-state index < -0.39 is 5.25 Å². The van der Waals surface area contributed by atoms with Crippen molar-refractivity contribution in [2.45, 2.75) is 11.7 Å². The lowest BCUT2D eigenvalue weighted by atomic mass is 10.2. The van der Waals surface area contributed by atoms with Crippen LogP contribution >= 0.6 is 35.0 Å². The third-order valence-electron chi connectivity index (χ3n) is 3.09. The van der Waals surface area contributed by atoms with Crippen LogP contribution in [0.3, 0.4) is 0 Å². The Bertz CT molecular complexity index is 679. The second-order valence-electron chi connectivity index (χ2n) is 4.77. The van der Waals surface area contributed by atoms with Gasteiger partial charge in [-0.25, -0.2) is 0 Å². The molecule has 2 rings (SSSR count). The molecule has 1 aliphatic heterocycles. The molecule has 1 saturated heterocycles. The number of hydrogen-bond donors (Lipinski definition) is 1. The van der Waals surface area contributed by atoms with Gasteiger partial charge in [-0.3, -0.25) is 19.5 Å². The van der Waals surface area contributed by atoms with E-state index >= 15 is 0 Å². The van der Waals surface area contributed by atoms with E-state index in [9.17, 15) is 9.59 Å². The summed E-state index contributed by atoms with van der Waals surface area (Å²) in [6, 6.07) is 4.97. The van der Waals surface area contributed by atoms with Gasteiger partial charge in [-0.05, 0) is 12.1 Å². The minimum Gasteiger partial charge on any atom is -0.325 e. The van der Waals surface area contributed by atoms with E-state index in [-0.39, 0.29) is 23.3 Å². The summed E-state index contributed by atoms with van der Waals surface area (Å²) in [5, 5.41) is 3.40. The van der Waals surface area contributed by atoms with E-state index in [2.05, 4.69) is 16.9 Å². The van der Waals surface area contributed by atoms with Gasteiger partial charge in [-0.1, -0.05) is 47.1 Å². The van der Waals surface area contributed by atoms with Crippen molar-refractivity contribution in [2.75, 3.05) is 18.9 Å². The molecule has 23 heavy (non-hydrogen) atoms. The van der Waals surface area contributed by atoms with Gasteiger partial charge in [-0.15, -0.1) is 6.58 Å². The summed E-state index contributed by atoms with van der Waals surface area (Å²) in [5.74, 6) is -0.455. The van der Waals surface area contributed by atoms with Crippen LogP contribution in [0.2, 0.25) is 10.0 Å². The number of amides is 2. The monoisotopic (exact) mass is 371 g/mol. The van der Waals surface area contributed by atoms with Crippen LogP contribution in [0.25, 0.3) is 0 Å². The predicted molar refractivity (Wildman–Crippen MR) is 96.4 cm³/mol. The maximum absolute atomic E-state index is 12.2. The molecule has 1 N–H and O–H groups in total. The van der Waals surface area contributed by atoms with Crippen LogP contribution in [0, 0.1) is 0 Å². The summed E-state index contributed by atoms with van der Waals surface area (Å²) in [6.45, 7) is 4.02. The quantitative estimate of drug-likeness (QED) is 0.806. The second kappa shape index (κ2) is 7.86. The molecule has 1 unspecified atom stereocenters. The van der Waals surface area contributed by atoms with Crippen LogP contribution in [-0.2, 0) is 9.59 Å². The molecule has 0 aliphatic carbocycles. The minimum absolute atomic E-state index is 0.0315. The molecular weight excluding hydrogens is 357 g/mol. The largest absolute Gasteiger partial charge is 0.325 e. The topological polar surface area (TPSA) is 61.8 Å². The van der Waals surface area contributed by atoms with Crippen molar-refractivity contribution < 1.29 is 9.59 Å². The molecule has 1 fully saturated rings. The van der Waals surface area contributed by atoms with Gasteiger partial charge in [0, 0.05) is 13.5 Å². The first-order valence-electron chi connectivity index (χ1n) is 6.77. The molecule has 1 atom stereocenters. The van der Waals surface area contributed by atoms with Gasteiger partial charge in [0.25, 0.3) is 0 Å². The Labute approximate surface area is 148 Å². The minimum atomic E-state index is -0.499. The summed E-state index contributed by atoms with van der Waals surface area (Å²) in [6.07, 6.45) is 1.68. The molecule has 122 valence electrons. The molecule has 1 aromatic rings. The smallest absolute Gasteiger partial charge is 0.242 e. The van der Waals surface area contributed by atoms with Gasteiger partial charge < -0.3 is 5.32 Å². The zero-order valence-electron chi connectivity index (χ0n) is 12.4. The third-order valence-corrected chi connectivity index (χ3v) is 5.18. The molecule has 1 aromatic carbocycles. The zero-order chi connectivity index (χ0) is 17.0. The molecule has 2 amide bonds. The fraction of sp³-hybridized carbons (Fsp3) is 0.267. The number of nitrogens with zero attached hydrogens (tertiary/aromatic N) is 2. The molecule has 0 aromatic heterocycles. The lowest BCUT2D eigenvalue weighted by Crippen LogP contribution is -2.30. The van der Waals surface area contributed by atoms with E-state index in [4.69, 9.17) is 23.2 Å². The lowest BCUT2D eigenvalue weighted by molar-refractivity contribution is -0.127. The number of halogens is 2. The molecule has 0 spiro atoms. The fourth-order valence-corrected chi connectivity index (χ4v) is 3.44. The average Bonchev–Trinajstić information content (AvgIpc) is 2.78. The molecule has 0 radical (unpaired) electrons. The fourth-order valence-electron chi connectivity index (χ4n) is 1.95. The Kier molecular flexibility index (Phi) is 6.10. The Hall–Kier alpha value is -1.50. The van der Waals surface area contributed by atoms with Gasteiger partial charge in [-0.2, -0.15) is 0 Å². The normalized spacial score (nSPS) is 19.3. The van der Waals surface area contributed by atoms with Crippen LogP contribution < -0.4 is 5.32 Å². The number of rotatable bonds is 5. The highest BCUT2D eigenvalue weighted by molar-refractivity contribution is 8.15. The maximum atomic E-state index is 12.2. The van der Waals surface area contributed by atoms with Crippen LogP contribution in [0.1, 0.15) is 6.42 Å². The number of aliphatic imine (C=N–C) groups is 1. The molecule has 8 heteroatoms. The number of anilines is 1. The molecule has 1 aliphatic rings. The molecule has 1 heterocycles. The molecule has 0 bridgehead atoms. The first-order valence-corrected chi connectivity index (χ1v) is 8.41. The van der Waals surface area contributed by atoms with E-state index in [1.165, 1.54) is 16.7 Å². The number of thioether (sulfide) groups is 1. The van der Waals surface area contributed by atoms with E-state index in [1.807, 2.05) is 0 Å². The van der Waals surface area contributed by atoms with E-state index in [0.717, 1.165) is 0 Å². The Morgan fingerprint density at radius 2 is 2.26 bits per heavy atom. The van der Waals surface area contributed by atoms with Gasteiger partial charge >= 0.3 is 0 Å². The van der Waals surface area contributed by atoms with E-state index in [1.54, 1.807) is 31.3 Å². The number of nitrogens with one attached hydrogen (secondary N) is 1. The second-order valence-corrected chi connectivity index (χ2v) is 6.72. The number of benzene rings is 1. The summed E-state index contributed by atoms with van der Waals surface area (Å²) in [5.41, 5.74) is 0.425. The summed E-state index contributed by atoms with van der Waals surface area (Å²) >= 11 is 13.2. The maximum Gasteiger partial charge on any atom is 0.242 e. The van der Waals surface area contributed by atoms with Gasteiger partial charge in [0.1, 0.15) is 5.25 Å².